The maximum atomic E-state index is 11.7. The molecule has 0 saturated heterocycles. The Balaban J connectivity index is 0.000000257. The number of carboxylic acids is 2. The topological polar surface area (TPSA) is 162 Å². The lowest BCUT2D eigenvalue weighted by Crippen LogP contribution is -2.37. The smallest absolute Gasteiger partial charge is 0.332 e. The van der Waals surface area contributed by atoms with Crippen LogP contribution in [0.3, 0.4) is 0 Å². The number of aryl methyl sites for hydroxylation is 2. The Bertz CT molecular complexity index is 861. The number of aromatic nitrogens is 4. The summed E-state index contributed by atoms with van der Waals surface area (Å²) in [6, 6.07) is -1.29. The van der Waals surface area contributed by atoms with Gasteiger partial charge in [0, 0.05) is 21.1 Å². The second-order valence-corrected chi connectivity index (χ2v) is 4.78. The number of hydrogen-bond acceptors (Lipinski definition) is 6. The van der Waals surface area contributed by atoms with Gasteiger partial charge < -0.3 is 20.5 Å². The third-order valence-corrected chi connectivity index (χ3v) is 3.03. The molecule has 1 unspecified atom stereocenters. The lowest BCUT2D eigenvalue weighted by Gasteiger charge is -2.02. The predicted molar refractivity (Wildman–Crippen MR) is 79.1 cm³/mol. The molecule has 2 heterocycles. The average Bonchev–Trinajstić information content (AvgIpc) is 2.84. The Morgan fingerprint density at radius 1 is 1.22 bits per heavy atom. The van der Waals surface area contributed by atoms with E-state index in [4.69, 9.17) is 15.9 Å². The van der Waals surface area contributed by atoms with Crippen LogP contribution in [-0.4, -0.2) is 46.9 Å². The van der Waals surface area contributed by atoms with Crippen LogP contribution >= 0.6 is 0 Å². The van der Waals surface area contributed by atoms with Crippen molar-refractivity contribution < 1.29 is 19.8 Å². The first-order valence-electron chi connectivity index (χ1n) is 6.35. The average molecular weight is 327 g/mol. The van der Waals surface area contributed by atoms with Crippen molar-refractivity contribution in [3.8, 4) is 0 Å². The maximum absolute atomic E-state index is 11.7. The predicted octanol–water partition coefficient (Wildman–Crippen LogP) is -2.16. The van der Waals surface area contributed by atoms with Crippen LogP contribution in [-0.2, 0) is 30.7 Å². The summed E-state index contributed by atoms with van der Waals surface area (Å²) in [5, 5.41) is 16.0. The van der Waals surface area contributed by atoms with Gasteiger partial charge in [-0.25, -0.2) is 9.78 Å². The second kappa shape index (κ2) is 6.87. The van der Waals surface area contributed by atoms with E-state index < -0.39 is 24.4 Å². The summed E-state index contributed by atoms with van der Waals surface area (Å²) >= 11 is 0. The number of rotatable bonds is 3. The summed E-state index contributed by atoms with van der Waals surface area (Å²) in [6.45, 7) is 0. The van der Waals surface area contributed by atoms with E-state index in [-0.39, 0.29) is 11.2 Å². The Labute approximate surface area is 129 Å². The highest BCUT2D eigenvalue weighted by Gasteiger charge is 2.14. The quantitative estimate of drug-likeness (QED) is 0.574. The minimum Gasteiger partial charge on any atom is -0.481 e. The molecule has 2 aromatic rings. The first-order chi connectivity index (χ1) is 10.6. The summed E-state index contributed by atoms with van der Waals surface area (Å²) in [5.74, 6) is -2.50. The van der Waals surface area contributed by atoms with Gasteiger partial charge in [-0.05, 0) is 0 Å². The van der Waals surface area contributed by atoms with Crippen molar-refractivity contribution in [3.05, 3.63) is 27.2 Å². The Morgan fingerprint density at radius 2 is 1.78 bits per heavy atom. The van der Waals surface area contributed by atoms with Crippen LogP contribution in [0.15, 0.2) is 15.9 Å². The van der Waals surface area contributed by atoms with Gasteiger partial charge in [0.15, 0.2) is 11.2 Å². The van der Waals surface area contributed by atoms with Crippen molar-refractivity contribution in [1.29, 1.82) is 0 Å². The minimum absolute atomic E-state index is 0.317. The van der Waals surface area contributed by atoms with Crippen LogP contribution in [0.5, 0.6) is 0 Å². The molecule has 0 saturated carbocycles. The molecule has 0 amide bonds. The molecule has 126 valence electrons. The highest BCUT2D eigenvalue weighted by atomic mass is 16.4. The lowest BCUT2D eigenvalue weighted by molar-refractivity contribution is -0.144. The van der Waals surface area contributed by atoms with E-state index in [0.29, 0.717) is 11.2 Å². The van der Waals surface area contributed by atoms with Crippen LogP contribution in [0, 0.1) is 0 Å². The SMILES string of the molecule is Cn1c(=O)c2c(ncn2C)n(C)c1=O.NC(CC(=O)O)C(=O)O. The number of fused-ring (bicyclic) bond motifs is 1. The van der Waals surface area contributed by atoms with Gasteiger partial charge in [-0.15, -0.1) is 0 Å². The standard InChI is InChI=1S/C8H10N4O2.C4H7NO4/c1-10-4-9-6-5(10)7(13)12(3)8(14)11(6)2;5-2(4(8)9)1-3(6)7/h4H,1-3H3;2H,1,5H2,(H,6,7)(H,8,9). The van der Waals surface area contributed by atoms with E-state index in [1.54, 1.807) is 18.7 Å². The van der Waals surface area contributed by atoms with E-state index in [2.05, 4.69) is 4.98 Å². The van der Waals surface area contributed by atoms with Gasteiger partial charge in [0.25, 0.3) is 5.56 Å². The molecule has 0 fully saturated rings. The van der Waals surface area contributed by atoms with Gasteiger partial charge in [0.2, 0.25) is 0 Å². The molecule has 0 spiro atoms. The monoisotopic (exact) mass is 327 g/mol. The number of carbonyl (C=O) groups is 2. The summed E-state index contributed by atoms with van der Waals surface area (Å²) in [4.78, 5) is 46.8. The van der Waals surface area contributed by atoms with Crippen molar-refractivity contribution >= 4 is 23.1 Å². The van der Waals surface area contributed by atoms with E-state index >= 15 is 0 Å². The van der Waals surface area contributed by atoms with Crippen molar-refractivity contribution in [2.24, 2.45) is 26.9 Å². The molecule has 0 radical (unpaired) electrons. The lowest BCUT2D eigenvalue weighted by atomic mass is 10.2. The Hall–Kier alpha value is -2.95. The first-order valence-corrected chi connectivity index (χ1v) is 6.35. The molecule has 0 aliphatic rings. The number of imidazole rings is 1. The van der Waals surface area contributed by atoms with Gasteiger partial charge in [-0.1, -0.05) is 0 Å². The number of nitrogens with two attached hydrogens (primary N) is 1. The summed E-state index contributed by atoms with van der Waals surface area (Å²) in [6.07, 6.45) is 0.987. The number of nitrogens with zero attached hydrogens (tertiary/aromatic N) is 4. The maximum Gasteiger partial charge on any atom is 0.332 e. The molecule has 11 heteroatoms. The van der Waals surface area contributed by atoms with Gasteiger partial charge >= 0.3 is 17.6 Å². The fraction of sp³-hybridized carbons (Fsp3) is 0.417. The Morgan fingerprint density at radius 3 is 2.22 bits per heavy atom. The van der Waals surface area contributed by atoms with Gasteiger partial charge in [-0.2, -0.15) is 0 Å². The van der Waals surface area contributed by atoms with Crippen molar-refractivity contribution in [2.45, 2.75) is 12.5 Å². The summed E-state index contributed by atoms with van der Waals surface area (Å²) in [7, 11) is 4.77. The highest BCUT2D eigenvalue weighted by molar-refractivity contribution is 5.80. The fourth-order valence-corrected chi connectivity index (χ4v) is 1.75. The van der Waals surface area contributed by atoms with E-state index in [1.807, 2.05) is 0 Å². The minimum atomic E-state index is -1.29. The van der Waals surface area contributed by atoms with Crippen LogP contribution in [0.1, 0.15) is 6.42 Å². The number of hydrogen-bond donors (Lipinski definition) is 3. The third-order valence-electron chi connectivity index (χ3n) is 3.03. The zero-order valence-electron chi connectivity index (χ0n) is 12.8. The van der Waals surface area contributed by atoms with Crippen molar-refractivity contribution in [3.63, 3.8) is 0 Å². The molecular weight excluding hydrogens is 310 g/mol. The molecule has 0 aromatic carbocycles. The number of carboxylic acid groups (broad SMARTS) is 2. The Kier molecular flexibility index (Phi) is 5.41. The van der Waals surface area contributed by atoms with Gasteiger partial charge in [-0.3, -0.25) is 23.5 Å². The van der Waals surface area contributed by atoms with Crippen LogP contribution in [0.4, 0.5) is 0 Å². The van der Waals surface area contributed by atoms with Crippen LogP contribution in [0.2, 0.25) is 0 Å². The number of aliphatic carboxylic acids is 2. The zero-order valence-corrected chi connectivity index (χ0v) is 12.8. The third kappa shape index (κ3) is 3.83. The molecule has 23 heavy (non-hydrogen) atoms. The van der Waals surface area contributed by atoms with E-state index in [9.17, 15) is 19.2 Å². The molecule has 2 rings (SSSR count). The normalized spacial score (nSPS) is 11.7. The van der Waals surface area contributed by atoms with Crippen molar-refractivity contribution in [2.75, 3.05) is 0 Å². The molecular formula is C12H17N5O6. The molecule has 0 aliphatic carbocycles. The molecule has 4 N–H and O–H groups in total. The second-order valence-electron chi connectivity index (χ2n) is 4.78. The molecule has 11 nitrogen and oxygen atoms in total. The van der Waals surface area contributed by atoms with Crippen molar-refractivity contribution in [1.82, 2.24) is 18.7 Å². The van der Waals surface area contributed by atoms with E-state index in [1.165, 1.54) is 17.9 Å². The molecule has 2 aromatic heterocycles. The zero-order chi connectivity index (χ0) is 17.9. The van der Waals surface area contributed by atoms with Crippen LogP contribution in [0.25, 0.3) is 11.2 Å². The highest BCUT2D eigenvalue weighted by Crippen LogP contribution is 2.01. The van der Waals surface area contributed by atoms with Gasteiger partial charge in [0.05, 0.1) is 12.7 Å². The molecule has 0 aliphatic heterocycles. The summed E-state index contributed by atoms with van der Waals surface area (Å²) < 4.78 is 4.04. The van der Waals surface area contributed by atoms with E-state index in [0.717, 1.165) is 4.57 Å². The summed E-state index contributed by atoms with van der Waals surface area (Å²) in [5.41, 5.74) is 5.02. The molecule has 1 atom stereocenters. The molecule has 0 bridgehead atoms. The van der Waals surface area contributed by atoms with Crippen LogP contribution < -0.4 is 17.0 Å². The first kappa shape index (κ1) is 18.1. The van der Waals surface area contributed by atoms with Gasteiger partial charge in [0.1, 0.15) is 6.04 Å². The largest absolute Gasteiger partial charge is 0.481 e. The fourth-order valence-electron chi connectivity index (χ4n) is 1.75.